The minimum absolute atomic E-state index is 0.204. The summed E-state index contributed by atoms with van der Waals surface area (Å²) >= 11 is 0. The first-order valence-electron chi connectivity index (χ1n) is 6.40. The van der Waals surface area contributed by atoms with E-state index < -0.39 is 5.60 Å². The number of amides is 1. The summed E-state index contributed by atoms with van der Waals surface area (Å²) in [6, 6.07) is 0.204. The number of hydrogen-bond donors (Lipinski definition) is 1. The summed E-state index contributed by atoms with van der Waals surface area (Å²) in [6.07, 6.45) is 3.76. The smallest absolute Gasteiger partial charge is 0.410 e. The maximum Gasteiger partial charge on any atom is 0.410 e. The first-order valence-corrected chi connectivity index (χ1v) is 6.40. The summed E-state index contributed by atoms with van der Waals surface area (Å²) in [5.41, 5.74) is -0.448. The van der Waals surface area contributed by atoms with E-state index in [1.165, 1.54) is 0 Å². The van der Waals surface area contributed by atoms with Gasteiger partial charge in [0.1, 0.15) is 5.60 Å². The Morgan fingerprint density at radius 2 is 2.06 bits per heavy atom. The zero-order chi connectivity index (χ0) is 13.1. The fourth-order valence-electron chi connectivity index (χ4n) is 2.26. The van der Waals surface area contributed by atoms with Crippen molar-refractivity contribution < 1.29 is 14.6 Å². The minimum Gasteiger partial charge on any atom is -0.444 e. The first kappa shape index (κ1) is 14.3. The predicted octanol–water partition coefficient (Wildman–Crippen LogP) is 2.40. The summed E-state index contributed by atoms with van der Waals surface area (Å²) in [5, 5.41) is 9.18. The Morgan fingerprint density at radius 3 is 2.59 bits per heavy atom. The zero-order valence-electron chi connectivity index (χ0n) is 11.4. The molecule has 4 heteroatoms. The van der Waals surface area contributed by atoms with Crippen molar-refractivity contribution >= 4 is 6.09 Å². The Morgan fingerprint density at radius 1 is 1.41 bits per heavy atom. The highest BCUT2D eigenvalue weighted by molar-refractivity contribution is 5.68. The third-order valence-electron chi connectivity index (χ3n) is 3.24. The monoisotopic (exact) mass is 243 g/mol. The Hall–Kier alpha value is -0.770. The minimum atomic E-state index is -0.448. The number of aliphatic hydroxyl groups is 1. The molecule has 0 aromatic carbocycles. The molecule has 4 nitrogen and oxygen atoms in total. The molecule has 0 aliphatic heterocycles. The van der Waals surface area contributed by atoms with Crippen LogP contribution in [0.3, 0.4) is 0 Å². The van der Waals surface area contributed by atoms with Crippen molar-refractivity contribution in [1.29, 1.82) is 0 Å². The fourth-order valence-corrected chi connectivity index (χ4v) is 2.26. The zero-order valence-corrected chi connectivity index (χ0v) is 11.4. The molecule has 0 spiro atoms. The summed E-state index contributed by atoms with van der Waals surface area (Å²) in [7, 11) is 1.79. The van der Waals surface area contributed by atoms with E-state index in [1.807, 2.05) is 20.8 Å². The van der Waals surface area contributed by atoms with Crippen LogP contribution < -0.4 is 0 Å². The average molecular weight is 243 g/mol. The normalized spacial score (nSPS) is 25.5. The van der Waals surface area contributed by atoms with Crippen LogP contribution in [0.25, 0.3) is 0 Å². The fraction of sp³-hybridized carbons (Fsp3) is 0.923. The molecule has 1 aliphatic rings. The highest BCUT2D eigenvalue weighted by Crippen LogP contribution is 2.27. The average Bonchev–Trinajstić information content (AvgIpc) is 2.26. The van der Waals surface area contributed by atoms with Crippen LogP contribution >= 0.6 is 0 Å². The second kappa shape index (κ2) is 5.71. The molecular formula is C13H25NO3. The lowest BCUT2D eigenvalue weighted by molar-refractivity contribution is 0.0144. The second-order valence-corrected chi connectivity index (χ2v) is 5.96. The molecule has 2 atom stereocenters. The van der Waals surface area contributed by atoms with Gasteiger partial charge in [0.15, 0.2) is 0 Å². The molecule has 1 amide bonds. The quantitative estimate of drug-likeness (QED) is 0.810. The van der Waals surface area contributed by atoms with Crippen molar-refractivity contribution in [2.24, 2.45) is 5.92 Å². The maximum absolute atomic E-state index is 11.9. The summed E-state index contributed by atoms with van der Waals surface area (Å²) in [4.78, 5) is 13.6. The molecule has 2 unspecified atom stereocenters. The first-order chi connectivity index (χ1) is 7.83. The molecule has 1 rings (SSSR count). The lowest BCUT2D eigenvalue weighted by Gasteiger charge is -2.35. The van der Waals surface area contributed by atoms with Gasteiger partial charge in [-0.2, -0.15) is 0 Å². The van der Waals surface area contributed by atoms with Crippen molar-refractivity contribution in [3.63, 3.8) is 0 Å². The summed E-state index contributed by atoms with van der Waals surface area (Å²) < 4.78 is 5.35. The molecule has 100 valence electrons. The van der Waals surface area contributed by atoms with E-state index in [0.29, 0.717) is 5.92 Å². The van der Waals surface area contributed by atoms with Gasteiger partial charge in [-0.3, -0.25) is 0 Å². The molecule has 1 aliphatic carbocycles. The highest BCUT2D eigenvalue weighted by Gasteiger charge is 2.29. The van der Waals surface area contributed by atoms with Crippen LogP contribution in [0.4, 0.5) is 4.79 Å². The van der Waals surface area contributed by atoms with Gasteiger partial charge >= 0.3 is 6.09 Å². The number of rotatable bonds is 2. The van der Waals surface area contributed by atoms with E-state index in [1.54, 1.807) is 11.9 Å². The second-order valence-electron chi connectivity index (χ2n) is 5.96. The van der Waals surface area contributed by atoms with E-state index in [4.69, 9.17) is 4.74 Å². The third-order valence-corrected chi connectivity index (χ3v) is 3.24. The Labute approximate surface area is 104 Å². The molecule has 0 aromatic rings. The van der Waals surface area contributed by atoms with Gasteiger partial charge in [0.05, 0.1) is 0 Å². The molecule has 1 fully saturated rings. The largest absolute Gasteiger partial charge is 0.444 e. The van der Waals surface area contributed by atoms with Crippen molar-refractivity contribution in [3.05, 3.63) is 0 Å². The van der Waals surface area contributed by atoms with Gasteiger partial charge in [0.25, 0.3) is 0 Å². The number of hydrogen-bond acceptors (Lipinski definition) is 3. The molecule has 17 heavy (non-hydrogen) atoms. The topological polar surface area (TPSA) is 49.8 Å². The Bertz CT molecular complexity index is 260. The number of aliphatic hydroxyl groups excluding tert-OH is 1. The number of carbonyl (C=O) groups excluding carboxylic acids is 1. The number of nitrogens with zero attached hydrogens (tertiary/aromatic N) is 1. The van der Waals surface area contributed by atoms with E-state index in [-0.39, 0.29) is 18.7 Å². The van der Waals surface area contributed by atoms with Gasteiger partial charge in [-0.05, 0) is 46.0 Å². The van der Waals surface area contributed by atoms with Crippen LogP contribution in [0.2, 0.25) is 0 Å². The van der Waals surface area contributed by atoms with E-state index in [0.717, 1.165) is 25.7 Å². The van der Waals surface area contributed by atoms with Gasteiger partial charge in [-0.1, -0.05) is 6.42 Å². The number of carbonyl (C=O) groups is 1. The molecular weight excluding hydrogens is 218 g/mol. The SMILES string of the molecule is CN(C(=O)OC(C)(C)C)C1CCCC(CO)C1. The lowest BCUT2D eigenvalue weighted by atomic mass is 9.86. The van der Waals surface area contributed by atoms with Crippen molar-refractivity contribution in [1.82, 2.24) is 4.90 Å². The predicted molar refractivity (Wildman–Crippen MR) is 66.8 cm³/mol. The molecule has 0 bridgehead atoms. The van der Waals surface area contributed by atoms with Crippen LogP contribution in [-0.2, 0) is 4.74 Å². The van der Waals surface area contributed by atoms with Gasteiger partial charge in [-0.15, -0.1) is 0 Å². The molecule has 0 saturated heterocycles. The lowest BCUT2D eigenvalue weighted by Crippen LogP contribution is -2.43. The van der Waals surface area contributed by atoms with Gasteiger partial charge < -0.3 is 14.7 Å². The van der Waals surface area contributed by atoms with E-state index >= 15 is 0 Å². The molecule has 0 radical (unpaired) electrons. The van der Waals surface area contributed by atoms with Gasteiger partial charge in [-0.25, -0.2) is 4.79 Å². The van der Waals surface area contributed by atoms with E-state index in [9.17, 15) is 9.90 Å². The number of ether oxygens (including phenoxy) is 1. The van der Waals surface area contributed by atoms with Crippen molar-refractivity contribution in [3.8, 4) is 0 Å². The Balaban J connectivity index is 2.51. The maximum atomic E-state index is 11.9. The van der Waals surface area contributed by atoms with Crippen LogP contribution in [-0.4, -0.2) is 41.4 Å². The van der Waals surface area contributed by atoms with Gasteiger partial charge in [0, 0.05) is 19.7 Å². The molecule has 0 heterocycles. The van der Waals surface area contributed by atoms with E-state index in [2.05, 4.69) is 0 Å². The standard InChI is InChI=1S/C13H25NO3/c1-13(2,3)17-12(16)14(4)11-7-5-6-10(8-11)9-15/h10-11,15H,5-9H2,1-4H3. The van der Waals surface area contributed by atoms with Crippen molar-refractivity contribution in [2.75, 3.05) is 13.7 Å². The summed E-state index contributed by atoms with van der Waals surface area (Å²) in [6.45, 7) is 5.83. The van der Waals surface area contributed by atoms with Gasteiger partial charge in [0.2, 0.25) is 0 Å². The molecule has 1 saturated carbocycles. The third kappa shape index (κ3) is 4.54. The highest BCUT2D eigenvalue weighted by atomic mass is 16.6. The van der Waals surface area contributed by atoms with Crippen LogP contribution in [0.5, 0.6) is 0 Å². The summed E-state index contributed by atoms with van der Waals surface area (Å²) in [5.74, 6) is 0.332. The molecule has 0 aromatic heterocycles. The van der Waals surface area contributed by atoms with Crippen LogP contribution in [0, 0.1) is 5.92 Å². The van der Waals surface area contributed by atoms with Crippen LogP contribution in [0.1, 0.15) is 46.5 Å². The van der Waals surface area contributed by atoms with Crippen molar-refractivity contribution in [2.45, 2.75) is 58.1 Å². The van der Waals surface area contributed by atoms with Crippen LogP contribution in [0.15, 0.2) is 0 Å². The molecule has 1 N–H and O–H groups in total. The Kier molecular flexibility index (Phi) is 4.80.